The van der Waals surface area contributed by atoms with E-state index in [1.54, 1.807) is 24.3 Å². The van der Waals surface area contributed by atoms with E-state index >= 15 is 0 Å². The first-order valence-electron chi connectivity index (χ1n) is 7.21. The molecule has 0 aromatic heterocycles. The molecule has 120 valence electrons. The van der Waals surface area contributed by atoms with Crippen LogP contribution in [0.1, 0.15) is 24.0 Å². The number of hydrogen-bond donors (Lipinski definition) is 1. The molecule has 0 spiro atoms. The molecule has 0 saturated carbocycles. The van der Waals surface area contributed by atoms with E-state index in [1.165, 1.54) is 12.1 Å². The summed E-state index contributed by atoms with van der Waals surface area (Å²) < 4.78 is 0. The summed E-state index contributed by atoms with van der Waals surface area (Å²) in [5.41, 5.74) is 1.91. The predicted octanol–water partition coefficient (Wildman–Crippen LogP) is 3.71. The lowest BCUT2D eigenvalue weighted by Crippen LogP contribution is -2.28. The molecule has 6 heteroatoms. The number of benzene rings is 2. The molecule has 5 nitrogen and oxygen atoms in total. The summed E-state index contributed by atoms with van der Waals surface area (Å²) >= 11 is 5.81. The van der Waals surface area contributed by atoms with Gasteiger partial charge in [0.25, 0.3) is 5.69 Å². The molecule has 2 aromatic carbocycles. The van der Waals surface area contributed by atoms with Gasteiger partial charge in [-0.3, -0.25) is 14.9 Å². The van der Waals surface area contributed by atoms with Crippen molar-refractivity contribution in [2.75, 3.05) is 6.54 Å². The van der Waals surface area contributed by atoms with Crippen molar-refractivity contribution in [1.82, 2.24) is 5.32 Å². The van der Waals surface area contributed by atoms with Crippen LogP contribution in [-0.2, 0) is 11.2 Å². The van der Waals surface area contributed by atoms with Crippen molar-refractivity contribution >= 4 is 23.2 Å². The van der Waals surface area contributed by atoms with E-state index in [-0.39, 0.29) is 17.5 Å². The molecule has 23 heavy (non-hydrogen) atoms. The Morgan fingerprint density at radius 2 is 1.78 bits per heavy atom. The summed E-state index contributed by atoms with van der Waals surface area (Å²) in [6.07, 6.45) is 0.296. The SMILES string of the molecule is CC(CNC(=O)Cc1ccc(Cl)cc1)c1ccc([N+](=O)[O-])cc1. The number of halogens is 1. The standard InChI is InChI=1S/C17H17ClN2O3/c1-12(14-4-8-16(9-5-14)20(22)23)11-19-17(21)10-13-2-6-15(18)7-3-13/h2-9,12H,10-11H2,1H3,(H,19,21). The van der Waals surface area contributed by atoms with Crippen molar-refractivity contribution in [3.63, 3.8) is 0 Å². The van der Waals surface area contributed by atoms with E-state index in [0.29, 0.717) is 18.0 Å². The molecule has 0 saturated heterocycles. The molecule has 1 N–H and O–H groups in total. The molecule has 0 aliphatic rings. The first-order chi connectivity index (χ1) is 11.0. The molecular weight excluding hydrogens is 316 g/mol. The maximum absolute atomic E-state index is 11.9. The molecule has 1 atom stereocenters. The van der Waals surface area contributed by atoms with Crippen LogP contribution >= 0.6 is 11.6 Å². The second kappa shape index (κ2) is 7.74. The highest BCUT2D eigenvalue weighted by Crippen LogP contribution is 2.18. The Kier molecular flexibility index (Phi) is 5.71. The van der Waals surface area contributed by atoms with Crippen molar-refractivity contribution in [3.05, 3.63) is 74.8 Å². The van der Waals surface area contributed by atoms with Gasteiger partial charge in [0, 0.05) is 23.7 Å². The number of rotatable bonds is 6. The van der Waals surface area contributed by atoms with Crippen LogP contribution in [0.15, 0.2) is 48.5 Å². The second-order valence-electron chi connectivity index (χ2n) is 5.36. The molecule has 1 unspecified atom stereocenters. The molecule has 2 rings (SSSR count). The number of hydrogen-bond acceptors (Lipinski definition) is 3. The van der Waals surface area contributed by atoms with Gasteiger partial charge in [0.05, 0.1) is 11.3 Å². The van der Waals surface area contributed by atoms with Gasteiger partial charge in [-0.2, -0.15) is 0 Å². The van der Waals surface area contributed by atoms with Crippen LogP contribution in [-0.4, -0.2) is 17.4 Å². The summed E-state index contributed by atoms with van der Waals surface area (Å²) in [7, 11) is 0. The molecule has 0 fully saturated rings. The first kappa shape index (κ1) is 17.0. The zero-order valence-corrected chi connectivity index (χ0v) is 13.4. The highest BCUT2D eigenvalue weighted by molar-refractivity contribution is 6.30. The maximum atomic E-state index is 11.9. The molecule has 0 heterocycles. The fourth-order valence-corrected chi connectivity index (χ4v) is 2.29. The number of carbonyl (C=O) groups excluding carboxylic acids is 1. The Morgan fingerprint density at radius 3 is 2.35 bits per heavy atom. The second-order valence-corrected chi connectivity index (χ2v) is 5.79. The Bertz CT molecular complexity index is 684. The van der Waals surface area contributed by atoms with E-state index in [0.717, 1.165) is 11.1 Å². The van der Waals surface area contributed by atoms with Gasteiger partial charge >= 0.3 is 0 Å². The van der Waals surface area contributed by atoms with E-state index in [2.05, 4.69) is 5.32 Å². The Balaban J connectivity index is 1.85. The number of amides is 1. The van der Waals surface area contributed by atoms with E-state index < -0.39 is 4.92 Å². The largest absolute Gasteiger partial charge is 0.355 e. The average Bonchev–Trinajstić information content (AvgIpc) is 2.55. The van der Waals surface area contributed by atoms with Crippen LogP contribution in [0.3, 0.4) is 0 Å². The van der Waals surface area contributed by atoms with Crippen LogP contribution < -0.4 is 5.32 Å². The van der Waals surface area contributed by atoms with Gasteiger partial charge in [-0.15, -0.1) is 0 Å². The van der Waals surface area contributed by atoms with Gasteiger partial charge in [0.1, 0.15) is 0 Å². The number of nitrogens with one attached hydrogen (secondary N) is 1. The smallest absolute Gasteiger partial charge is 0.269 e. The monoisotopic (exact) mass is 332 g/mol. The van der Waals surface area contributed by atoms with E-state index in [4.69, 9.17) is 11.6 Å². The summed E-state index contributed by atoms with van der Waals surface area (Å²) in [6, 6.07) is 13.5. The van der Waals surface area contributed by atoms with Crippen LogP contribution in [0.25, 0.3) is 0 Å². The Morgan fingerprint density at radius 1 is 1.17 bits per heavy atom. The minimum absolute atomic E-state index is 0.0627. The lowest BCUT2D eigenvalue weighted by atomic mass is 10.0. The number of non-ortho nitro benzene ring substituents is 1. The minimum Gasteiger partial charge on any atom is -0.355 e. The molecule has 0 aliphatic heterocycles. The van der Waals surface area contributed by atoms with Crippen LogP contribution in [0.4, 0.5) is 5.69 Å². The van der Waals surface area contributed by atoms with Crippen molar-refractivity contribution < 1.29 is 9.72 Å². The highest BCUT2D eigenvalue weighted by Gasteiger charge is 2.11. The van der Waals surface area contributed by atoms with E-state index in [1.807, 2.05) is 19.1 Å². The fourth-order valence-electron chi connectivity index (χ4n) is 2.16. The third kappa shape index (κ3) is 5.07. The van der Waals surface area contributed by atoms with Crippen LogP contribution in [0, 0.1) is 10.1 Å². The van der Waals surface area contributed by atoms with Gasteiger partial charge in [-0.25, -0.2) is 0 Å². The summed E-state index contributed by atoms with van der Waals surface area (Å²) in [4.78, 5) is 22.1. The van der Waals surface area contributed by atoms with Gasteiger partial charge in [0.15, 0.2) is 0 Å². The zero-order chi connectivity index (χ0) is 16.8. The third-order valence-corrected chi connectivity index (χ3v) is 3.81. The number of nitrogens with zero attached hydrogens (tertiary/aromatic N) is 1. The molecule has 1 amide bonds. The van der Waals surface area contributed by atoms with Gasteiger partial charge in [-0.1, -0.05) is 42.8 Å². The van der Waals surface area contributed by atoms with Crippen molar-refractivity contribution in [3.8, 4) is 0 Å². The predicted molar refractivity (Wildman–Crippen MR) is 89.7 cm³/mol. The van der Waals surface area contributed by atoms with Crippen molar-refractivity contribution in [2.24, 2.45) is 0 Å². The average molecular weight is 333 g/mol. The van der Waals surface area contributed by atoms with Gasteiger partial charge in [-0.05, 0) is 29.2 Å². The number of carbonyl (C=O) groups is 1. The molecule has 0 bridgehead atoms. The number of nitro groups is 1. The summed E-state index contributed by atoms with van der Waals surface area (Å²) in [6.45, 7) is 2.44. The lowest BCUT2D eigenvalue weighted by molar-refractivity contribution is -0.384. The summed E-state index contributed by atoms with van der Waals surface area (Å²) in [5.74, 6) is 0.00561. The molecule has 0 radical (unpaired) electrons. The first-order valence-corrected chi connectivity index (χ1v) is 7.59. The minimum atomic E-state index is -0.428. The number of nitro benzene ring substituents is 1. The molecule has 0 aliphatic carbocycles. The Hall–Kier alpha value is -2.40. The molecule has 2 aromatic rings. The topological polar surface area (TPSA) is 72.2 Å². The zero-order valence-electron chi connectivity index (χ0n) is 12.7. The van der Waals surface area contributed by atoms with E-state index in [9.17, 15) is 14.9 Å². The van der Waals surface area contributed by atoms with Crippen molar-refractivity contribution in [2.45, 2.75) is 19.3 Å². The normalized spacial score (nSPS) is 11.7. The Labute approximate surface area is 139 Å². The van der Waals surface area contributed by atoms with Crippen LogP contribution in [0.2, 0.25) is 5.02 Å². The quantitative estimate of drug-likeness (QED) is 0.647. The third-order valence-electron chi connectivity index (χ3n) is 3.56. The molecular formula is C17H17ClN2O3. The van der Waals surface area contributed by atoms with Gasteiger partial charge in [0.2, 0.25) is 5.91 Å². The van der Waals surface area contributed by atoms with Crippen LogP contribution in [0.5, 0.6) is 0 Å². The maximum Gasteiger partial charge on any atom is 0.269 e. The summed E-state index contributed by atoms with van der Waals surface area (Å²) in [5, 5.41) is 14.1. The van der Waals surface area contributed by atoms with Gasteiger partial charge < -0.3 is 5.32 Å². The highest BCUT2D eigenvalue weighted by atomic mass is 35.5. The fraction of sp³-hybridized carbons (Fsp3) is 0.235. The van der Waals surface area contributed by atoms with Crippen molar-refractivity contribution in [1.29, 1.82) is 0 Å². The lowest BCUT2D eigenvalue weighted by Gasteiger charge is -2.13.